The number of para-hydroxylation sites is 1. The molecule has 18 heavy (non-hydrogen) atoms. The number of carbonyl (C=O) groups is 1. The molecule has 0 aliphatic carbocycles. The lowest BCUT2D eigenvalue weighted by molar-refractivity contribution is -0.104. The summed E-state index contributed by atoms with van der Waals surface area (Å²) >= 11 is 2.26. The predicted octanol–water partition coefficient (Wildman–Crippen LogP) is 3.94. The van der Waals surface area contributed by atoms with Crippen LogP contribution in [0, 0.1) is 3.57 Å². The van der Waals surface area contributed by atoms with Crippen LogP contribution in [-0.4, -0.2) is 6.29 Å². The third-order valence-corrected chi connectivity index (χ3v) is 3.40. The first-order chi connectivity index (χ1) is 8.81. The maximum atomic E-state index is 10.7. The van der Waals surface area contributed by atoms with Gasteiger partial charge >= 0.3 is 0 Å². The van der Waals surface area contributed by atoms with Gasteiger partial charge in [0.15, 0.2) is 0 Å². The van der Waals surface area contributed by atoms with Gasteiger partial charge in [0, 0.05) is 15.3 Å². The smallest absolute Gasteiger partial charge is 0.144 e. The highest BCUT2D eigenvalue weighted by atomic mass is 127. The third kappa shape index (κ3) is 3.20. The van der Waals surface area contributed by atoms with Crippen molar-refractivity contribution in [2.45, 2.75) is 0 Å². The number of carbonyl (C=O) groups excluding carboxylic acids is 1. The van der Waals surface area contributed by atoms with E-state index in [4.69, 9.17) is 0 Å². The summed E-state index contributed by atoms with van der Waals surface area (Å²) in [6, 6.07) is 17.8. The number of nitrogens with one attached hydrogen (secondary N) is 1. The van der Waals surface area contributed by atoms with Crippen molar-refractivity contribution in [3.8, 4) is 0 Å². The lowest BCUT2D eigenvalue weighted by atomic mass is 10.1. The summed E-state index contributed by atoms with van der Waals surface area (Å²) in [7, 11) is 0. The molecule has 0 radical (unpaired) electrons. The van der Waals surface area contributed by atoms with Gasteiger partial charge in [-0.2, -0.15) is 0 Å². The monoisotopic (exact) mass is 349 g/mol. The maximum Gasteiger partial charge on any atom is 0.144 e. The SMILES string of the molecule is O=C/C=C(/Nc1ccccc1I)c1ccccc1. The van der Waals surface area contributed by atoms with E-state index in [1.54, 1.807) is 6.08 Å². The van der Waals surface area contributed by atoms with Crippen LogP contribution < -0.4 is 5.32 Å². The highest BCUT2D eigenvalue weighted by Gasteiger charge is 2.03. The Hall–Kier alpha value is -1.62. The van der Waals surface area contributed by atoms with Gasteiger partial charge in [-0.3, -0.25) is 4.79 Å². The van der Waals surface area contributed by atoms with E-state index in [1.807, 2.05) is 54.6 Å². The topological polar surface area (TPSA) is 29.1 Å². The second-order valence-electron chi connectivity index (χ2n) is 3.69. The van der Waals surface area contributed by atoms with Crippen LogP contribution in [-0.2, 0) is 4.79 Å². The number of hydrogen-bond donors (Lipinski definition) is 1. The van der Waals surface area contributed by atoms with Gasteiger partial charge in [-0.1, -0.05) is 42.5 Å². The highest BCUT2D eigenvalue weighted by Crippen LogP contribution is 2.22. The first-order valence-electron chi connectivity index (χ1n) is 5.53. The first-order valence-corrected chi connectivity index (χ1v) is 6.61. The molecule has 1 N–H and O–H groups in total. The molecule has 0 aromatic heterocycles. The fourth-order valence-corrected chi connectivity index (χ4v) is 2.13. The Bertz CT molecular complexity index is 564. The van der Waals surface area contributed by atoms with E-state index < -0.39 is 0 Å². The Morgan fingerprint density at radius 2 is 1.67 bits per heavy atom. The molecule has 2 aromatic carbocycles. The first kappa shape index (κ1) is 12.8. The van der Waals surface area contributed by atoms with Crippen LogP contribution in [0.4, 0.5) is 5.69 Å². The molecule has 0 amide bonds. The third-order valence-electron chi connectivity index (χ3n) is 2.46. The minimum Gasteiger partial charge on any atom is -0.354 e. The summed E-state index contributed by atoms with van der Waals surface area (Å²) in [6.45, 7) is 0. The molecule has 2 aromatic rings. The molecule has 0 bridgehead atoms. The van der Waals surface area contributed by atoms with Crippen molar-refractivity contribution in [2.75, 3.05) is 5.32 Å². The molecule has 0 aliphatic heterocycles. The molecule has 0 fully saturated rings. The van der Waals surface area contributed by atoms with Crippen LogP contribution in [0.2, 0.25) is 0 Å². The summed E-state index contributed by atoms with van der Waals surface area (Å²) in [5.74, 6) is 0. The molecule has 2 rings (SSSR count). The van der Waals surface area contributed by atoms with Crippen LogP contribution in [0.15, 0.2) is 60.7 Å². The average molecular weight is 349 g/mol. The molecular weight excluding hydrogens is 337 g/mol. The van der Waals surface area contributed by atoms with Gasteiger partial charge in [0.2, 0.25) is 0 Å². The summed E-state index contributed by atoms with van der Waals surface area (Å²) < 4.78 is 1.11. The van der Waals surface area contributed by atoms with Crippen molar-refractivity contribution in [1.82, 2.24) is 0 Å². The molecule has 0 unspecified atom stereocenters. The van der Waals surface area contributed by atoms with Crippen molar-refractivity contribution in [3.05, 3.63) is 69.8 Å². The molecule has 0 saturated carbocycles. The van der Waals surface area contributed by atoms with Crippen LogP contribution in [0.25, 0.3) is 5.70 Å². The zero-order chi connectivity index (χ0) is 12.8. The lowest BCUT2D eigenvalue weighted by Gasteiger charge is -2.12. The zero-order valence-electron chi connectivity index (χ0n) is 9.64. The minimum atomic E-state index is 0.797. The van der Waals surface area contributed by atoms with E-state index in [0.29, 0.717) is 0 Å². The average Bonchev–Trinajstić information content (AvgIpc) is 2.42. The molecule has 0 spiro atoms. The van der Waals surface area contributed by atoms with Crippen LogP contribution >= 0.6 is 22.6 Å². The van der Waals surface area contributed by atoms with Gasteiger partial charge in [0.05, 0.1) is 5.69 Å². The van der Waals surface area contributed by atoms with Gasteiger partial charge in [0.1, 0.15) is 6.29 Å². The summed E-state index contributed by atoms with van der Waals surface area (Å²) in [5.41, 5.74) is 2.79. The van der Waals surface area contributed by atoms with Gasteiger partial charge < -0.3 is 5.32 Å². The van der Waals surface area contributed by atoms with E-state index in [1.165, 1.54) is 0 Å². The Labute approximate surface area is 120 Å². The summed E-state index contributed by atoms with van der Waals surface area (Å²) in [6.07, 6.45) is 2.34. The molecule has 2 nitrogen and oxygen atoms in total. The fourth-order valence-electron chi connectivity index (χ4n) is 1.60. The second kappa shape index (κ2) is 6.35. The van der Waals surface area contributed by atoms with Gasteiger partial charge in [-0.25, -0.2) is 0 Å². The van der Waals surface area contributed by atoms with Crippen molar-refractivity contribution in [1.29, 1.82) is 0 Å². The summed E-state index contributed by atoms with van der Waals surface area (Å²) in [4.78, 5) is 10.7. The molecule has 0 heterocycles. The normalized spacial score (nSPS) is 11.1. The van der Waals surface area contributed by atoms with E-state index >= 15 is 0 Å². The Morgan fingerprint density at radius 1 is 1.00 bits per heavy atom. The highest BCUT2D eigenvalue weighted by molar-refractivity contribution is 14.1. The zero-order valence-corrected chi connectivity index (χ0v) is 11.8. The van der Waals surface area contributed by atoms with Crippen LogP contribution in [0.5, 0.6) is 0 Å². The van der Waals surface area contributed by atoms with E-state index in [2.05, 4.69) is 27.9 Å². The van der Waals surface area contributed by atoms with E-state index in [-0.39, 0.29) is 0 Å². The van der Waals surface area contributed by atoms with Crippen molar-refractivity contribution < 1.29 is 4.79 Å². The number of anilines is 1. The number of rotatable bonds is 4. The Balaban J connectivity index is 2.32. The van der Waals surface area contributed by atoms with Crippen molar-refractivity contribution in [3.63, 3.8) is 0 Å². The van der Waals surface area contributed by atoms with Gasteiger partial charge in [0.25, 0.3) is 0 Å². The van der Waals surface area contributed by atoms with Crippen LogP contribution in [0.3, 0.4) is 0 Å². The Kier molecular flexibility index (Phi) is 4.52. The standard InChI is InChI=1S/C15H12INO/c16-13-8-4-5-9-15(13)17-14(10-11-18)12-6-2-1-3-7-12/h1-11,17H/b14-10+. The number of allylic oxidation sites excluding steroid dienone is 1. The van der Waals surface area contributed by atoms with Crippen LogP contribution in [0.1, 0.15) is 5.56 Å². The predicted molar refractivity (Wildman–Crippen MR) is 83.3 cm³/mol. The van der Waals surface area contributed by atoms with Crippen molar-refractivity contribution in [2.24, 2.45) is 0 Å². The quantitative estimate of drug-likeness (QED) is 0.515. The van der Waals surface area contributed by atoms with E-state index in [9.17, 15) is 4.79 Å². The fraction of sp³-hybridized carbons (Fsp3) is 0. The summed E-state index contributed by atoms with van der Waals surface area (Å²) in [5, 5.41) is 3.29. The number of benzene rings is 2. The largest absolute Gasteiger partial charge is 0.354 e. The lowest BCUT2D eigenvalue weighted by Crippen LogP contribution is -2.00. The molecule has 0 aliphatic rings. The molecule has 90 valence electrons. The van der Waals surface area contributed by atoms with Gasteiger partial charge in [-0.05, 0) is 40.3 Å². The van der Waals surface area contributed by atoms with Gasteiger partial charge in [-0.15, -0.1) is 0 Å². The Morgan fingerprint density at radius 3 is 2.33 bits per heavy atom. The molecule has 0 saturated heterocycles. The number of hydrogen-bond acceptors (Lipinski definition) is 2. The molecule has 3 heteroatoms. The molecular formula is C15H12INO. The number of aldehydes is 1. The molecule has 0 atom stereocenters. The minimum absolute atomic E-state index is 0.797. The maximum absolute atomic E-state index is 10.7. The van der Waals surface area contributed by atoms with E-state index in [0.717, 1.165) is 26.8 Å². The second-order valence-corrected chi connectivity index (χ2v) is 4.85. The number of halogens is 1. The van der Waals surface area contributed by atoms with Crippen molar-refractivity contribution >= 4 is 40.3 Å².